The van der Waals surface area contributed by atoms with Gasteiger partial charge in [0.05, 0.1) is 6.54 Å². The summed E-state index contributed by atoms with van der Waals surface area (Å²) in [5.41, 5.74) is 5.83. The van der Waals surface area contributed by atoms with Crippen molar-refractivity contribution in [2.45, 2.75) is 50.6 Å². The van der Waals surface area contributed by atoms with Gasteiger partial charge in [-0.1, -0.05) is 5.10 Å². The summed E-state index contributed by atoms with van der Waals surface area (Å²) in [7, 11) is 2.13. The molecule has 5 heteroatoms. The highest BCUT2D eigenvalue weighted by Crippen LogP contribution is 2.57. The van der Waals surface area contributed by atoms with Crippen LogP contribution in [0.3, 0.4) is 0 Å². The minimum absolute atomic E-state index is 0.271. The van der Waals surface area contributed by atoms with Crippen molar-refractivity contribution in [3.05, 3.63) is 5.89 Å². The molecule has 0 atom stereocenters. The van der Waals surface area contributed by atoms with E-state index in [0.717, 1.165) is 17.8 Å². The largest absolute Gasteiger partial charge is 0.407 e. The Morgan fingerprint density at radius 1 is 1.16 bits per heavy atom. The van der Waals surface area contributed by atoms with Crippen molar-refractivity contribution in [2.24, 2.45) is 23.5 Å². The van der Waals surface area contributed by atoms with E-state index < -0.39 is 0 Å². The quantitative estimate of drug-likeness (QED) is 0.901. The van der Waals surface area contributed by atoms with Crippen LogP contribution in [-0.4, -0.2) is 22.8 Å². The summed E-state index contributed by atoms with van der Waals surface area (Å²) >= 11 is 0. The van der Waals surface area contributed by atoms with Crippen molar-refractivity contribution in [3.8, 4) is 0 Å². The molecular formula is C14H22N4O. The van der Waals surface area contributed by atoms with E-state index in [9.17, 15) is 0 Å². The molecule has 0 saturated heterocycles. The average Bonchev–Trinajstić information content (AvgIpc) is 2.84. The van der Waals surface area contributed by atoms with Gasteiger partial charge >= 0.3 is 6.01 Å². The molecule has 4 aliphatic carbocycles. The third-order valence-corrected chi connectivity index (χ3v) is 5.64. The molecule has 0 amide bonds. The van der Waals surface area contributed by atoms with Crippen LogP contribution >= 0.6 is 0 Å². The number of rotatable bonds is 3. The normalized spacial score (nSPS) is 39.8. The lowest BCUT2D eigenvalue weighted by molar-refractivity contribution is -0.00382. The van der Waals surface area contributed by atoms with Crippen molar-refractivity contribution in [3.63, 3.8) is 0 Å². The highest BCUT2D eigenvalue weighted by atomic mass is 16.4. The number of anilines is 1. The monoisotopic (exact) mass is 262 g/mol. The maximum absolute atomic E-state index is 5.66. The van der Waals surface area contributed by atoms with Crippen LogP contribution in [0.4, 0.5) is 6.01 Å². The molecule has 0 aromatic carbocycles. The van der Waals surface area contributed by atoms with Gasteiger partial charge in [0.2, 0.25) is 5.89 Å². The van der Waals surface area contributed by atoms with Crippen molar-refractivity contribution in [2.75, 3.05) is 11.9 Å². The molecule has 1 heterocycles. The second-order valence-electron chi connectivity index (χ2n) is 6.88. The Balaban J connectivity index is 1.63. The average molecular weight is 262 g/mol. The zero-order valence-electron chi connectivity index (χ0n) is 11.5. The summed E-state index contributed by atoms with van der Waals surface area (Å²) in [4.78, 5) is 2.27. The van der Waals surface area contributed by atoms with E-state index in [1.54, 1.807) is 0 Å². The highest BCUT2D eigenvalue weighted by molar-refractivity contribution is 5.32. The smallest absolute Gasteiger partial charge is 0.318 e. The van der Waals surface area contributed by atoms with Gasteiger partial charge in [0, 0.05) is 12.6 Å². The van der Waals surface area contributed by atoms with Gasteiger partial charge in [-0.15, -0.1) is 5.10 Å². The molecule has 5 rings (SSSR count). The lowest BCUT2D eigenvalue weighted by atomic mass is 9.52. The Labute approximate surface area is 113 Å². The van der Waals surface area contributed by atoms with Crippen LogP contribution < -0.4 is 10.6 Å². The SMILES string of the molecule is CN(c1nnc(CN)o1)C12CC3CC(CC(C3)C1)C2. The van der Waals surface area contributed by atoms with E-state index in [2.05, 4.69) is 22.1 Å². The van der Waals surface area contributed by atoms with Gasteiger partial charge in [-0.25, -0.2) is 0 Å². The van der Waals surface area contributed by atoms with E-state index in [1.807, 2.05) is 0 Å². The Hall–Kier alpha value is -1.10. The van der Waals surface area contributed by atoms with Crippen molar-refractivity contribution in [1.29, 1.82) is 0 Å². The molecule has 0 radical (unpaired) electrons. The minimum atomic E-state index is 0.271. The second kappa shape index (κ2) is 3.95. The lowest BCUT2D eigenvalue weighted by Crippen LogP contribution is -2.59. The number of hydrogen-bond donors (Lipinski definition) is 1. The Morgan fingerprint density at radius 2 is 1.74 bits per heavy atom. The summed E-state index contributed by atoms with van der Waals surface area (Å²) in [5.74, 6) is 3.30. The third-order valence-electron chi connectivity index (χ3n) is 5.64. The predicted molar refractivity (Wildman–Crippen MR) is 71.5 cm³/mol. The second-order valence-corrected chi connectivity index (χ2v) is 6.88. The fraction of sp³-hybridized carbons (Fsp3) is 0.857. The predicted octanol–water partition coefficient (Wildman–Crippen LogP) is 1.93. The van der Waals surface area contributed by atoms with Gasteiger partial charge in [0.25, 0.3) is 0 Å². The molecule has 1 aromatic heterocycles. The summed E-state index contributed by atoms with van der Waals surface area (Å²) in [6.45, 7) is 0.321. The van der Waals surface area contributed by atoms with Crippen LogP contribution in [0.25, 0.3) is 0 Å². The van der Waals surface area contributed by atoms with Gasteiger partial charge in [0.1, 0.15) is 0 Å². The number of nitrogens with two attached hydrogens (primary N) is 1. The number of aromatic nitrogens is 2. The maximum atomic E-state index is 5.66. The Morgan fingerprint density at radius 3 is 2.21 bits per heavy atom. The van der Waals surface area contributed by atoms with E-state index in [1.165, 1.54) is 38.5 Å². The molecule has 4 saturated carbocycles. The van der Waals surface area contributed by atoms with Gasteiger partial charge in [0.15, 0.2) is 0 Å². The minimum Gasteiger partial charge on any atom is -0.407 e. The summed E-state index contributed by atoms with van der Waals surface area (Å²) in [5, 5.41) is 8.17. The van der Waals surface area contributed by atoms with Crippen LogP contribution in [0.15, 0.2) is 4.42 Å². The van der Waals surface area contributed by atoms with Crippen molar-refractivity contribution < 1.29 is 4.42 Å². The molecule has 104 valence electrons. The lowest BCUT2D eigenvalue weighted by Gasteiger charge is -2.59. The number of hydrogen-bond acceptors (Lipinski definition) is 5. The molecule has 1 aromatic rings. The Bertz CT molecular complexity index is 448. The molecule has 2 N–H and O–H groups in total. The molecule has 4 bridgehead atoms. The first-order valence-corrected chi connectivity index (χ1v) is 7.45. The van der Waals surface area contributed by atoms with Gasteiger partial charge < -0.3 is 15.1 Å². The van der Waals surface area contributed by atoms with Crippen molar-refractivity contribution in [1.82, 2.24) is 10.2 Å². The number of nitrogens with zero attached hydrogens (tertiary/aromatic N) is 3. The summed E-state index contributed by atoms with van der Waals surface area (Å²) in [6.07, 6.45) is 8.25. The van der Waals surface area contributed by atoms with E-state index >= 15 is 0 Å². The molecular weight excluding hydrogens is 240 g/mol. The molecule has 19 heavy (non-hydrogen) atoms. The molecule has 5 nitrogen and oxygen atoms in total. The van der Waals surface area contributed by atoms with E-state index in [4.69, 9.17) is 10.2 Å². The van der Waals surface area contributed by atoms with Crippen LogP contribution in [0.1, 0.15) is 44.4 Å². The fourth-order valence-electron chi connectivity index (χ4n) is 5.14. The molecule has 0 aliphatic heterocycles. The van der Waals surface area contributed by atoms with Crippen LogP contribution in [0.5, 0.6) is 0 Å². The molecule has 0 unspecified atom stereocenters. The van der Waals surface area contributed by atoms with E-state index in [0.29, 0.717) is 18.5 Å². The van der Waals surface area contributed by atoms with Gasteiger partial charge in [-0.3, -0.25) is 0 Å². The van der Waals surface area contributed by atoms with Crippen LogP contribution in [0.2, 0.25) is 0 Å². The Kier molecular flexibility index (Phi) is 2.43. The van der Waals surface area contributed by atoms with Gasteiger partial charge in [-0.05, 0) is 56.3 Å². The fourth-order valence-corrected chi connectivity index (χ4v) is 5.14. The summed E-state index contributed by atoms with van der Waals surface area (Å²) < 4.78 is 5.66. The van der Waals surface area contributed by atoms with Crippen molar-refractivity contribution >= 4 is 6.01 Å². The first-order chi connectivity index (χ1) is 9.18. The summed E-state index contributed by atoms with van der Waals surface area (Å²) in [6, 6.07) is 0.655. The molecule has 4 aliphatic rings. The first kappa shape index (κ1) is 11.7. The molecule has 0 spiro atoms. The van der Waals surface area contributed by atoms with E-state index in [-0.39, 0.29) is 5.54 Å². The first-order valence-electron chi connectivity index (χ1n) is 7.45. The third kappa shape index (κ3) is 1.71. The maximum Gasteiger partial charge on any atom is 0.318 e. The van der Waals surface area contributed by atoms with Gasteiger partial charge in [-0.2, -0.15) is 0 Å². The zero-order valence-corrected chi connectivity index (χ0v) is 11.5. The van der Waals surface area contributed by atoms with Crippen LogP contribution in [0, 0.1) is 17.8 Å². The molecule has 4 fully saturated rings. The highest BCUT2D eigenvalue weighted by Gasteiger charge is 2.53. The topological polar surface area (TPSA) is 68.2 Å². The standard InChI is InChI=1S/C14H22N4O/c1-18(13-17-16-12(8-15)19-13)14-5-9-2-10(6-14)4-11(3-9)7-14/h9-11H,2-8,15H2,1H3. The zero-order chi connectivity index (χ0) is 13.0. The van der Waals surface area contributed by atoms with Crippen LogP contribution in [-0.2, 0) is 6.54 Å².